The molecule has 1 heterocycles. The largest absolute Gasteiger partial charge is 0.491 e. The highest BCUT2D eigenvalue weighted by Crippen LogP contribution is 2.30. The molecule has 0 bridgehead atoms. The van der Waals surface area contributed by atoms with E-state index in [1.165, 1.54) is 16.7 Å². The molecular formula is C21H23NO. The van der Waals surface area contributed by atoms with Gasteiger partial charge >= 0.3 is 0 Å². The molecular weight excluding hydrogens is 282 g/mol. The fourth-order valence-corrected chi connectivity index (χ4v) is 2.65. The minimum absolute atomic E-state index is 0.706. The predicted molar refractivity (Wildman–Crippen MR) is 97.9 cm³/mol. The molecule has 0 atom stereocenters. The highest BCUT2D eigenvalue weighted by Gasteiger charge is 2.05. The number of benzene rings is 2. The summed E-state index contributed by atoms with van der Waals surface area (Å²) in [4.78, 5) is 4.40. The van der Waals surface area contributed by atoms with Gasteiger partial charge in [-0.1, -0.05) is 49.4 Å². The number of ether oxygens (including phenoxy) is 1. The van der Waals surface area contributed by atoms with Crippen molar-refractivity contribution in [2.24, 2.45) is 4.99 Å². The number of aryl methyl sites for hydroxylation is 2. The highest BCUT2D eigenvalue weighted by atomic mass is 16.5. The van der Waals surface area contributed by atoms with Crippen LogP contribution in [0.4, 0.5) is 5.69 Å². The summed E-state index contributed by atoms with van der Waals surface area (Å²) < 4.78 is 5.73. The van der Waals surface area contributed by atoms with Gasteiger partial charge in [-0.3, -0.25) is 4.99 Å². The van der Waals surface area contributed by atoms with Crippen LogP contribution < -0.4 is 4.74 Å². The molecule has 0 amide bonds. The molecule has 2 aromatic carbocycles. The fraction of sp³-hybridized carbons (Fsp3) is 0.286. The Morgan fingerprint density at radius 1 is 1.09 bits per heavy atom. The third kappa shape index (κ3) is 4.32. The second-order valence-electron chi connectivity index (χ2n) is 5.79. The maximum Gasteiger partial charge on any atom is 0.145 e. The zero-order valence-corrected chi connectivity index (χ0v) is 13.7. The molecule has 118 valence electrons. The van der Waals surface area contributed by atoms with Crippen LogP contribution in [0.25, 0.3) is 6.08 Å². The molecule has 0 radical (unpaired) electrons. The van der Waals surface area contributed by atoms with E-state index in [4.69, 9.17) is 4.74 Å². The number of fused-ring (bicyclic) bond motifs is 1. The van der Waals surface area contributed by atoms with Crippen LogP contribution in [0.15, 0.2) is 53.5 Å². The van der Waals surface area contributed by atoms with E-state index in [0.29, 0.717) is 6.61 Å². The van der Waals surface area contributed by atoms with E-state index in [1.54, 1.807) is 0 Å². The number of allylic oxidation sites excluding steroid dienone is 1. The fourth-order valence-electron chi connectivity index (χ4n) is 2.65. The SMILES string of the molecule is CCc1ccc(CCC=Cc2ccc3c(c2)OCCC=N3)cc1. The van der Waals surface area contributed by atoms with Crippen LogP contribution in [0.1, 0.15) is 36.5 Å². The molecule has 0 unspecified atom stereocenters. The molecule has 2 heteroatoms. The van der Waals surface area contributed by atoms with Crippen LogP contribution >= 0.6 is 0 Å². The van der Waals surface area contributed by atoms with Gasteiger partial charge in [0.05, 0.1) is 6.61 Å². The van der Waals surface area contributed by atoms with E-state index >= 15 is 0 Å². The first-order valence-corrected chi connectivity index (χ1v) is 8.39. The Morgan fingerprint density at radius 2 is 1.91 bits per heavy atom. The van der Waals surface area contributed by atoms with Crippen molar-refractivity contribution in [1.82, 2.24) is 0 Å². The number of aliphatic imine (C=N–C) groups is 1. The summed E-state index contributed by atoms with van der Waals surface area (Å²) >= 11 is 0. The zero-order valence-electron chi connectivity index (χ0n) is 13.7. The van der Waals surface area contributed by atoms with Crippen molar-refractivity contribution in [2.45, 2.75) is 32.6 Å². The summed E-state index contributed by atoms with van der Waals surface area (Å²) in [5.41, 5.74) is 4.89. The average Bonchev–Trinajstić information content (AvgIpc) is 2.84. The van der Waals surface area contributed by atoms with E-state index in [9.17, 15) is 0 Å². The molecule has 0 saturated carbocycles. The molecule has 2 aromatic rings. The molecule has 0 aliphatic carbocycles. The van der Waals surface area contributed by atoms with E-state index in [1.807, 2.05) is 12.3 Å². The van der Waals surface area contributed by atoms with Gasteiger partial charge in [0, 0.05) is 12.6 Å². The summed E-state index contributed by atoms with van der Waals surface area (Å²) in [5, 5.41) is 0. The lowest BCUT2D eigenvalue weighted by Crippen LogP contribution is -1.95. The van der Waals surface area contributed by atoms with Gasteiger partial charge in [-0.05, 0) is 48.1 Å². The Balaban J connectivity index is 1.57. The molecule has 0 saturated heterocycles. The summed E-state index contributed by atoms with van der Waals surface area (Å²) in [6, 6.07) is 15.1. The molecule has 0 fully saturated rings. The molecule has 3 rings (SSSR count). The van der Waals surface area contributed by atoms with Gasteiger partial charge < -0.3 is 4.74 Å². The minimum Gasteiger partial charge on any atom is -0.491 e. The summed E-state index contributed by atoms with van der Waals surface area (Å²) in [6.45, 7) is 2.89. The molecule has 0 N–H and O–H groups in total. The van der Waals surface area contributed by atoms with E-state index in [0.717, 1.165) is 37.1 Å². The smallest absolute Gasteiger partial charge is 0.145 e. The molecule has 0 aromatic heterocycles. The second kappa shape index (κ2) is 7.77. The van der Waals surface area contributed by atoms with Crippen LogP contribution in [-0.4, -0.2) is 12.8 Å². The van der Waals surface area contributed by atoms with Gasteiger partial charge in [0.2, 0.25) is 0 Å². The first-order valence-electron chi connectivity index (χ1n) is 8.39. The predicted octanol–water partition coefficient (Wildman–Crippen LogP) is 5.38. The third-order valence-electron chi connectivity index (χ3n) is 4.06. The van der Waals surface area contributed by atoms with Crippen molar-refractivity contribution in [1.29, 1.82) is 0 Å². The lowest BCUT2D eigenvalue weighted by atomic mass is 10.1. The monoisotopic (exact) mass is 305 g/mol. The van der Waals surface area contributed by atoms with Crippen LogP contribution in [0.3, 0.4) is 0 Å². The number of rotatable bonds is 5. The highest BCUT2D eigenvalue weighted by molar-refractivity contribution is 5.69. The lowest BCUT2D eigenvalue weighted by Gasteiger charge is -2.06. The summed E-state index contributed by atoms with van der Waals surface area (Å²) in [7, 11) is 0. The summed E-state index contributed by atoms with van der Waals surface area (Å²) in [5.74, 6) is 0.885. The molecule has 23 heavy (non-hydrogen) atoms. The van der Waals surface area contributed by atoms with Crippen molar-refractivity contribution in [3.8, 4) is 5.75 Å². The van der Waals surface area contributed by atoms with Gasteiger partial charge in [-0.15, -0.1) is 0 Å². The van der Waals surface area contributed by atoms with Gasteiger partial charge in [0.25, 0.3) is 0 Å². The molecule has 2 nitrogen and oxygen atoms in total. The standard InChI is InChI=1S/C21H23NO/c1-2-17-8-10-18(11-9-17)6-3-4-7-19-12-13-20-21(16-19)23-15-5-14-22-20/h4,7-14,16H,2-3,5-6,15H2,1H3. The van der Waals surface area contributed by atoms with Crippen molar-refractivity contribution in [3.63, 3.8) is 0 Å². The van der Waals surface area contributed by atoms with Crippen molar-refractivity contribution >= 4 is 18.0 Å². The second-order valence-corrected chi connectivity index (χ2v) is 5.79. The Labute approximate surface area is 138 Å². The lowest BCUT2D eigenvalue weighted by molar-refractivity contribution is 0.334. The topological polar surface area (TPSA) is 21.6 Å². The first kappa shape index (κ1) is 15.5. The van der Waals surface area contributed by atoms with Gasteiger partial charge in [-0.25, -0.2) is 0 Å². The van der Waals surface area contributed by atoms with Gasteiger partial charge in [0.1, 0.15) is 11.4 Å². The van der Waals surface area contributed by atoms with Crippen LogP contribution in [-0.2, 0) is 12.8 Å². The van der Waals surface area contributed by atoms with E-state index < -0.39 is 0 Å². The average molecular weight is 305 g/mol. The Bertz CT molecular complexity index is 698. The molecule has 1 aliphatic heterocycles. The van der Waals surface area contributed by atoms with Gasteiger partial charge in [0.15, 0.2) is 0 Å². The Morgan fingerprint density at radius 3 is 2.74 bits per heavy atom. The van der Waals surface area contributed by atoms with Crippen LogP contribution in [0, 0.1) is 0 Å². The van der Waals surface area contributed by atoms with Crippen molar-refractivity contribution < 1.29 is 4.74 Å². The minimum atomic E-state index is 0.706. The normalized spacial score (nSPS) is 13.6. The van der Waals surface area contributed by atoms with E-state index in [2.05, 4.69) is 60.5 Å². The number of hydrogen-bond donors (Lipinski definition) is 0. The Kier molecular flexibility index (Phi) is 5.25. The maximum atomic E-state index is 5.73. The molecule has 0 spiro atoms. The molecule has 1 aliphatic rings. The number of hydrogen-bond acceptors (Lipinski definition) is 2. The van der Waals surface area contributed by atoms with Crippen molar-refractivity contribution in [3.05, 3.63) is 65.2 Å². The quantitative estimate of drug-likeness (QED) is 0.726. The number of nitrogens with zero attached hydrogens (tertiary/aromatic N) is 1. The van der Waals surface area contributed by atoms with Crippen LogP contribution in [0.5, 0.6) is 5.75 Å². The zero-order chi connectivity index (χ0) is 15.9. The third-order valence-corrected chi connectivity index (χ3v) is 4.06. The van der Waals surface area contributed by atoms with Crippen LogP contribution in [0.2, 0.25) is 0 Å². The van der Waals surface area contributed by atoms with E-state index in [-0.39, 0.29) is 0 Å². The maximum absolute atomic E-state index is 5.73. The first-order chi connectivity index (χ1) is 11.3. The Hall–Kier alpha value is -2.35. The van der Waals surface area contributed by atoms with Crippen molar-refractivity contribution in [2.75, 3.05) is 6.61 Å². The summed E-state index contributed by atoms with van der Waals surface area (Å²) in [6.07, 6.45) is 10.4. The van der Waals surface area contributed by atoms with Gasteiger partial charge in [-0.2, -0.15) is 0 Å².